The number of carbonyl (C=O) groups is 1. The molecule has 0 spiro atoms. The van der Waals surface area contributed by atoms with Gasteiger partial charge in [-0.2, -0.15) is 0 Å². The molecule has 1 aromatic rings. The third-order valence-corrected chi connectivity index (χ3v) is 2.85. The van der Waals surface area contributed by atoms with Crippen LogP contribution in [-0.4, -0.2) is 41.2 Å². The number of benzene rings is 1. The van der Waals surface area contributed by atoms with Gasteiger partial charge in [-0.1, -0.05) is 12.1 Å². The lowest BCUT2D eigenvalue weighted by Crippen LogP contribution is -2.25. The number of ether oxygens (including phenoxy) is 1. The van der Waals surface area contributed by atoms with Crippen molar-refractivity contribution in [3.63, 3.8) is 0 Å². The van der Waals surface area contributed by atoms with Gasteiger partial charge in [-0.05, 0) is 17.7 Å². The van der Waals surface area contributed by atoms with Gasteiger partial charge < -0.3 is 30.2 Å². The van der Waals surface area contributed by atoms with E-state index in [1.165, 1.54) is 12.1 Å². The molecule has 1 saturated heterocycles. The summed E-state index contributed by atoms with van der Waals surface area (Å²) in [5.41, 5.74) is 0.775. The predicted octanol–water partition coefficient (Wildman–Crippen LogP) is -1.07. The van der Waals surface area contributed by atoms with Crippen LogP contribution in [0.3, 0.4) is 0 Å². The molecule has 3 N–H and O–H groups in total. The van der Waals surface area contributed by atoms with Gasteiger partial charge in [-0.25, -0.2) is 0 Å². The van der Waals surface area contributed by atoms with E-state index in [-0.39, 0.29) is 12.2 Å². The van der Waals surface area contributed by atoms with Crippen molar-refractivity contribution in [1.29, 1.82) is 0 Å². The monoisotopic (exact) mass is 252 g/mol. The molecule has 3 atom stereocenters. The lowest BCUT2D eigenvalue weighted by molar-refractivity contribution is -0.255. The maximum absolute atomic E-state index is 10.6. The Kier molecular flexibility index (Phi) is 3.81. The quantitative estimate of drug-likeness (QED) is 0.630. The van der Waals surface area contributed by atoms with Crippen LogP contribution in [0.25, 0.3) is 0 Å². The number of carboxylic acids is 1. The average molecular weight is 252 g/mol. The van der Waals surface area contributed by atoms with E-state index in [4.69, 9.17) is 9.84 Å². The van der Waals surface area contributed by atoms with Crippen molar-refractivity contribution < 1.29 is 24.9 Å². The minimum atomic E-state index is -1.23. The average Bonchev–Trinajstić information content (AvgIpc) is 2.70. The zero-order valence-corrected chi connectivity index (χ0v) is 9.57. The van der Waals surface area contributed by atoms with Crippen molar-refractivity contribution in [3.8, 4) is 0 Å². The van der Waals surface area contributed by atoms with E-state index >= 15 is 0 Å². The standard InChI is InChI=1S/C12H15NO5/c14-6-10-9(15)5-11(18-10)13-8-3-1-7(2-4-8)12(16)17/h1-4,9-11,13-15H,5-6H2,(H,16,17)/p-1/t9-,10-,11+/m0/s1. The second kappa shape index (κ2) is 5.34. The number of aromatic carboxylic acids is 1. The Labute approximate surface area is 104 Å². The van der Waals surface area contributed by atoms with Crippen LogP contribution in [0.5, 0.6) is 0 Å². The number of aliphatic hydroxyl groups excluding tert-OH is 2. The van der Waals surface area contributed by atoms with Gasteiger partial charge in [0.25, 0.3) is 0 Å². The van der Waals surface area contributed by atoms with Crippen molar-refractivity contribution in [1.82, 2.24) is 0 Å². The molecule has 1 aliphatic rings. The van der Waals surface area contributed by atoms with E-state index in [1.807, 2.05) is 0 Å². The van der Waals surface area contributed by atoms with Crippen LogP contribution < -0.4 is 10.4 Å². The first-order chi connectivity index (χ1) is 8.60. The molecule has 2 rings (SSSR count). The Bertz CT molecular complexity index is 419. The molecule has 6 heteroatoms. The van der Waals surface area contributed by atoms with Gasteiger partial charge in [-0.3, -0.25) is 0 Å². The van der Waals surface area contributed by atoms with E-state index in [9.17, 15) is 15.0 Å². The number of aliphatic hydroxyl groups is 2. The lowest BCUT2D eigenvalue weighted by atomic mass is 10.2. The van der Waals surface area contributed by atoms with Crippen molar-refractivity contribution in [2.45, 2.75) is 24.9 Å². The molecule has 6 nitrogen and oxygen atoms in total. The first-order valence-corrected chi connectivity index (χ1v) is 5.62. The van der Waals surface area contributed by atoms with E-state index in [0.29, 0.717) is 12.1 Å². The van der Waals surface area contributed by atoms with Crippen molar-refractivity contribution in [2.24, 2.45) is 0 Å². The van der Waals surface area contributed by atoms with Crippen LogP contribution in [-0.2, 0) is 4.74 Å². The number of anilines is 1. The number of hydrogen-bond donors (Lipinski definition) is 3. The Morgan fingerprint density at radius 3 is 2.61 bits per heavy atom. The highest BCUT2D eigenvalue weighted by molar-refractivity contribution is 5.86. The summed E-state index contributed by atoms with van der Waals surface area (Å²) < 4.78 is 5.36. The molecule has 0 amide bonds. The molecule has 1 aliphatic heterocycles. The molecule has 0 unspecified atom stereocenters. The summed E-state index contributed by atoms with van der Waals surface area (Å²) in [4.78, 5) is 10.6. The number of carbonyl (C=O) groups excluding carboxylic acids is 1. The molecule has 18 heavy (non-hydrogen) atoms. The normalized spacial score (nSPS) is 27.1. The molecule has 1 heterocycles. The Morgan fingerprint density at radius 1 is 1.44 bits per heavy atom. The van der Waals surface area contributed by atoms with E-state index in [0.717, 1.165) is 0 Å². The summed E-state index contributed by atoms with van der Waals surface area (Å²) >= 11 is 0. The van der Waals surface area contributed by atoms with E-state index in [1.54, 1.807) is 12.1 Å². The molecular weight excluding hydrogens is 238 g/mol. The minimum absolute atomic E-state index is 0.0983. The van der Waals surface area contributed by atoms with Gasteiger partial charge in [0, 0.05) is 12.1 Å². The van der Waals surface area contributed by atoms with Crippen LogP contribution >= 0.6 is 0 Å². The van der Waals surface area contributed by atoms with Crippen LogP contribution in [0.4, 0.5) is 5.69 Å². The lowest BCUT2D eigenvalue weighted by Gasteiger charge is -2.15. The SMILES string of the molecule is O=C([O-])c1ccc(N[C@H]2C[C@H](O)[C@H](CO)O2)cc1. The van der Waals surface area contributed by atoms with Gasteiger partial charge in [0.15, 0.2) is 0 Å². The molecular formula is C12H14NO5-. The largest absolute Gasteiger partial charge is 0.545 e. The molecule has 0 aliphatic carbocycles. The first kappa shape index (κ1) is 12.8. The fraction of sp³-hybridized carbons (Fsp3) is 0.417. The molecule has 1 aromatic carbocycles. The first-order valence-electron chi connectivity index (χ1n) is 5.62. The van der Waals surface area contributed by atoms with Crippen molar-refractivity contribution >= 4 is 11.7 Å². The summed E-state index contributed by atoms with van der Waals surface area (Å²) in [7, 11) is 0. The van der Waals surface area contributed by atoms with Crippen LogP contribution in [0.1, 0.15) is 16.8 Å². The van der Waals surface area contributed by atoms with Crippen LogP contribution in [0, 0.1) is 0 Å². The maximum atomic E-state index is 10.6. The van der Waals surface area contributed by atoms with Gasteiger partial charge in [-0.15, -0.1) is 0 Å². The zero-order chi connectivity index (χ0) is 13.1. The van der Waals surface area contributed by atoms with Gasteiger partial charge in [0.1, 0.15) is 12.3 Å². The van der Waals surface area contributed by atoms with E-state index < -0.39 is 24.4 Å². The Morgan fingerprint density at radius 2 is 2.11 bits per heavy atom. The van der Waals surface area contributed by atoms with Crippen molar-refractivity contribution in [2.75, 3.05) is 11.9 Å². The van der Waals surface area contributed by atoms with Crippen LogP contribution in [0.15, 0.2) is 24.3 Å². The predicted molar refractivity (Wildman–Crippen MR) is 60.8 cm³/mol. The highest BCUT2D eigenvalue weighted by atomic mass is 16.5. The smallest absolute Gasteiger partial charge is 0.130 e. The molecule has 1 fully saturated rings. The van der Waals surface area contributed by atoms with Gasteiger partial charge >= 0.3 is 0 Å². The fourth-order valence-corrected chi connectivity index (χ4v) is 1.87. The molecule has 0 aromatic heterocycles. The summed E-state index contributed by atoms with van der Waals surface area (Å²) in [6.07, 6.45) is -1.31. The zero-order valence-electron chi connectivity index (χ0n) is 9.57. The number of carboxylic acid groups (broad SMARTS) is 1. The Hall–Kier alpha value is -1.63. The van der Waals surface area contributed by atoms with Crippen LogP contribution in [0.2, 0.25) is 0 Å². The number of rotatable bonds is 4. The molecule has 0 bridgehead atoms. The molecule has 0 saturated carbocycles. The second-order valence-corrected chi connectivity index (χ2v) is 4.16. The summed E-state index contributed by atoms with van der Waals surface area (Å²) in [6, 6.07) is 6.03. The number of hydrogen-bond acceptors (Lipinski definition) is 6. The number of nitrogens with one attached hydrogen (secondary N) is 1. The maximum Gasteiger partial charge on any atom is 0.130 e. The highest BCUT2D eigenvalue weighted by Crippen LogP contribution is 2.22. The third-order valence-electron chi connectivity index (χ3n) is 2.85. The van der Waals surface area contributed by atoms with E-state index in [2.05, 4.69) is 5.32 Å². The summed E-state index contributed by atoms with van der Waals surface area (Å²) in [5, 5.41) is 32.0. The second-order valence-electron chi connectivity index (χ2n) is 4.16. The third kappa shape index (κ3) is 2.79. The molecule has 98 valence electrons. The Balaban J connectivity index is 1.96. The topological polar surface area (TPSA) is 102 Å². The molecule has 0 radical (unpaired) electrons. The van der Waals surface area contributed by atoms with Crippen molar-refractivity contribution in [3.05, 3.63) is 29.8 Å². The summed E-state index contributed by atoms with van der Waals surface area (Å²) in [6.45, 7) is -0.233. The highest BCUT2D eigenvalue weighted by Gasteiger charge is 2.33. The summed E-state index contributed by atoms with van der Waals surface area (Å²) in [5.74, 6) is -1.23. The fourth-order valence-electron chi connectivity index (χ4n) is 1.87. The van der Waals surface area contributed by atoms with Gasteiger partial charge in [0.05, 0.1) is 18.7 Å². The van der Waals surface area contributed by atoms with Gasteiger partial charge in [0.2, 0.25) is 0 Å². The minimum Gasteiger partial charge on any atom is -0.545 e.